The molecular weight excluding hydrogens is 688 g/mol. The third kappa shape index (κ3) is 7.49. The molecule has 2 aliphatic heterocycles. The van der Waals surface area contributed by atoms with E-state index in [1.807, 2.05) is 33.8 Å². The molecule has 0 spiro atoms. The Morgan fingerprint density at radius 2 is 1.15 bits per heavy atom. The van der Waals surface area contributed by atoms with Gasteiger partial charge >= 0.3 is 0 Å². The number of hydrogen-bond acceptors (Lipinski definition) is 16. The Kier molecular flexibility index (Phi) is 12.2. The summed E-state index contributed by atoms with van der Waals surface area (Å²) >= 11 is 0. The summed E-state index contributed by atoms with van der Waals surface area (Å²) in [5.74, 6) is -0.661. The van der Waals surface area contributed by atoms with Gasteiger partial charge in [-0.2, -0.15) is 0 Å². The van der Waals surface area contributed by atoms with Crippen LogP contribution in [0.5, 0.6) is 23.0 Å². The summed E-state index contributed by atoms with van der Waals surface area (Å²) in [6.45, 7) is 5.94. The number of aliphatic hydroxyl groups excluding tert-OH is 8. The molecule has 3 aromatic rings. The van der Waals surface area contributed by atoms with Crippen molar-refractivity contribution in [2.75, 3.05) is 20.3 Å². The molecule has 0 radical (unpaired) electrons. The smallest absolute Gasteiger partial charge is 0.229 e. The Labute approximate surface area is 297 Å². The quantitative estimate of drug-likeness (QED) is 0.0930. The van der Waals surface area contributed by atoms with Crippen molar-refractivity contribution in [3.05, 3.63) is 56.8 Å². The first-order valence-electron chi connectivity index (χ1n) is 16.7. The highest BCUT2D eigenvalue weighted by molar-refractivity contribution is 5.98. The number of aliphatic hydroxyl groups is 8. The van der Waals surface area contributed by atoms with Gasteiger partial charge in [-0.15, -0.1) is 0 Å². The first-order valence-corrected chi connectivity index (χ1v) is 16.7. The van der Waals surface area contributed by atoms with Crippen molar-refractivity contribution in [3.8, 4) is 23.0 Å². The van der Waals surface area contributed by atoms with E-state index in [9.17, 15) is 50.8 Å². The molecule has 286 valence electrons. The van der Waals surface area contributed by atoms with Crippen molar-refractivity contribution < 1.29 is 74.1 Å². The average molecular weight is 735 g/mol. The molecule has 0 unspecified atom stereocenters. The molecule has 2 aromatic carbocycles. The van der Waals surface area contributed by atoms with E-state index in [-0.39, 0.29) is 63.2 Å². The van der Waals surface area contributed by atoms with Gasteiger partial charge in [0.25, 0.3) is 0 Å². The second-order valence-corrected chi connectivity index (χ2v) is 13.4. The van der Waals surface area contributed by atoms with E-state index < -0.39 is 85.8 Å². The van der Waals surface area contributed by atoms with E-state index in [2.05, 4.69) is 0 Å². The van der Waals surface area contributed by atoms with Crippen LogP contribution in [0.2, 0.25) is 0 Å². The Bertz CT molecular complexity index is 1870. The molecule has 0 saturated carbocycles. The fraction of sp³-hybridized carbons (Fsp3) is 0.528. The molecule has 2 fully saturated rings. The minimum atomic E-state index is -1.78. The number of benzene rings is 2. The van der Waals surface area contributed by atoms with Crippen molar-refractivity contribution in [1.82, 2.24) is 0 Å². The molecule has 52 heavy (non-hydrogen) atoms. The van der Waals surface area contributed by atoms with Gasteiger partial charge in [0.2, 0.25) is 18.0 Å². The van der Waals surface area contributed by atoms with Gasteiger partial charge in [-0.05, 0) is 40.5 Å². The zero-order valence-electron chi connectivity index (χ0n) is 29.3. The molecule has 0 aliphatic carbocycles. The second kappa shape index (κ2) is 16.1. The largest absolute Gasteiger partial charge is 0.507 e. The number of methoxy groups -OCH3 is 1. The number of phenols is 1. The van der Waals surface area contributed by atoms with Crippen molar-refractivity contribution >= 4 is 21.9 Å². The van der Waals surface area contributed by atoms with Crippen LogP contribution in [-0.4, -0.2) is 128 Å². The first-order chi connectivity index (χ1) is 24.6. The van der Waals surface area contributed by atoms with E-state index >= 15 is 0 Å². The van der Waals surface area contributed by atoms with E-state index in [0.717, 1.165) is 11.1 Å². The highest BCUT2D eigenvalue weighted by Crippen LogP contribution is 2.43. The number of ether oxygens (including phenoxy) is 5. The Morgan fingerprint density at radius 3 is 1.63 bits per heavy atom. The molecule has 2 aliphatic rings. The lowest BCUT2D eigenvalue weighted by Crippen LogP contribution is -2.60. The second-order valence-electron chi connectivity index (χ2n) is 13.4. The lowest BCUT2D eigenvalue weighted by atomic mass is 9.97. The van der Waals surface area contributed by atoms with Gasteiger partial charge in [0.1, 0.15) is 76.9 Å². The van der Waals surface area contributed by atoms with Crippen LogP contribution in [0.1, 0.15) is 38.8 Å². The third-order valence-corrected chi connectivity index (χ3v) is 9.13. The van der Waals surface area contributed by atoms with Crippen LogP contribution in [0, 0.1) is 0 Å². The zero-order valence-corrected chi connectivity index (χ0v) is 29.3. The van der Waals surface area contributed by atoms with Gasteiger partial charge < -0.3 is 74.1 Å². The lowest BCUT2D eigenvalue weighted by molar-refractivity contribution is -0.277. The Hall–Kier alpha value is -3.81. The molecule has 1 aromatic heterocycles. The van der Waals surface area contributed by atoms with E-state index in [0.29, 0.717) is 0 Å². The van der Waals surface area contributed by atoms with Crippen molar-refractivity contribution in [3.63, 3.8) is 0 Å². The summed E-state index contributed by atoms with van der Waals surface area (Å²) in [6, 6.07) is 2.58. The van der Waals surface area contributed by atoms with Crippen molar-refractivity contribution in [2.45, 2.75) is 102 Å². The molecule has 16 nitrogen and oxygen atoms in total. The molecule has 10 atom stereocenters. The molecule has 9 N–H and O–H groups in total. The minimum absolute atomic E-state index is 0.0223. The SMILES string of the molecule is COc1c(O[C@@H]2O[C@H](CO)[C@@H](O)[C@H](O)[C@H]2O)cc2oc3cc(O[C@@H]4O[C@H](CO)[C@@H](O)[C@H](O)[C@H]4O)c(CC=C(C)C)c(O)c3c(=O)c2c1CC=C(C)C. The van der Waals surface area contributed by atoms with Crippen LogP contribution < -0.4 is 19.6 Å². The normalized spacial score (nSPS) is 29.2. The van der Waals surface area contributed by atoms with Crippen LogP contribution in [0.25, 0.3) is 21.9 Å². The average Bonchev–Trinajstić information content (AvgIpc) is 3.10. The topological polar surface area (TPSA) is 258 Å². The summed E-state index contributed by atoms with van der Waals surface area (Å²) < 4.78 is 35.0. The lowest BCUT2D eigenvalue weighted by Gasteiger charge is -2.39. The number of fused-ring (bicyclic) bond motifs is 2. The maximum absolute atomic E-state index is 14.5. The monoisotopic (exact) mass is 734 g/mol. The third-order valence-electron chi connectivity index (χ3n) is 9.13. The highest BCUT2D eigenvalue weighted by Gasteiger charge is 2.46. The summed E-state index contributed by atoms with van der Waals surface area (Å²) in [6.07, 6.45) is -12.3. The van der Waals surface area contributed by atoms with Crippen LogP contribution >= 0.6 is 0 Å². The number of rotatable bonds is 11. The number of allylic oxidation sites excluding steroid dienone is 4. The Morgan fingerprint density at radius 1 is 0.692 bits per heavy atom. The number of hydrogen-bond donors (Lipinski definition) is 9. The van der Waals surface area contributed by atoms with Crippen LogP contribution in [0.3, 0.4) is 0 Å². The zero-order chi connectivity index (χ0) is 38.2. The van der Waals surface area contributed by atoms with E-state index in [1.54, 1.807) is 6.08 Å². The summed E-state index contributed by atoms with van der Waals surface area (Å²) in [5.41, 5.74) is 1.26. The number of aromatic hydroxyl groups is 1. The maximum atomic E-state index is 14.5. The highest BCUT2D eigenvalue weighted by atomic mass is 16.7. The van der Waals surface area contributed by atoms with Crippen molar-refractivity contribution in [1.29, 1.82) is 0 Å². The molecule has 16 heteroatoms. The van der Waals surface area contributed by atoms with Gasteiger partial charge in [-0.25, -0.2) is 0 Å². The summed E-state index contributed by atoms with van der Waals surface area (Å²) in [5, 5.41) is 93.5. The van der Waals surface area contributed by atoms with Gasteiger partial charge in [-0.1, -0.05) is 23.3 Å². The summed E-state index contributed by atoms with van der Waals surface area (Å²) in [4.78, 5) is 14.5. The summed E-state index contributed by atoms with van der Waals surface area (Å²) in [7, 11) is 1.33. The fourth-order valence-corrected chi connectivity index (χ4v) is 6.20. The van der Waals surface area contributed by atoms with Gasteiger partial charge in [-0.3, -0.25) is 4.79 Å². The minimum Gasteiger partial charge on any atom is -0.507 e. The van der Waals surface area contributed by atoms with E-state index in [1.165, 1.54) is 19.2 Å². The Balaban J connectivity index is 1.73. The molecule has 3 heterocycles. The molecule has 2 saturated heterocycles. The predicted molar refractivity (Wildman–Crippen MR) is 183 cm³/mol. The van der Waals surface area contributed by atoms with Gasteiger partial charge in [0.05, 0.1) is 25.7 Å². The molecule has 5 rings (SSSR count). The molecule has 0 amide bonds. The van der Waals surface area contributed by atoms with Gasteiger partial charge in [0.15, 0.2) is 11.5 Å². The fourth-order valence-electron chi connectivity index (χ4n) is 6.20. The van der Waals surface area contributed by atoms with Crippen molar-refractivity contribution in [2.24, 2.45) is 0 Å². The predicted octanol–water partition coefficient (Wildman–Crippen LogP) is 0.0352. The molecule has 0 bridgehead atoms. The number of phenolic OH excluding ortho intramolecular Hbond substituents is 1. The molecular formula is C36H46O16. The maximum Gasteiger partial charge on any atom is 0.229 e. The standard InChI is InChI=1S/C36H46O16/c1-14(2)6-8-16-18(49-35-32(45)30(43)27(40)22(12-37)51-35)10-20-25(26(16)39)29(42)24-17(9-7-15(3)4)34(47-5)21(11-19(24)48-20)50-36-33(46)31(44)28(41)23(13-38)52-36/h6-7,10-11,22-23,27-28,30-33,35-41,43-46H,8-9,12-13H2,1-5H3/t22-,23-,27-,28-,30+,31+,32-,33-,35-,36-/m1/s1. The van der Waals surface area contributed by atoms with Crippen LogP contribution in [0.4, 0.5) is 0 Å². The van der Waals surface area contributed by atoms with Gasteiger partial charge in [0, 0.05) is 23.3 Å². The van der Waals surface area contributed by atoms with Crippen LogP contribution in [0.15, 0.2) is 44.6 Å². The van der Waals surface area contributed by atoms with Crippen LogP contribution in [-0.2, 0) is 22.3 Å². The first kappa shape index (κ1) is 39.4. The van der Waals surface area contributed by atoms with E-state index in [4.69, 9.17) is 28.1 Å².